The molecule has 6 heteroatoms. The van der Waals surface area contributed by atoms with Crippen molar-refractivity contribution in [2.75, 3.05) is 20.3 Å². The SMILES string of the molecule is C=C(O)c1cn2c(cc1=O)-c1cc(OC)c(OCC(C)(C)CO)cc1CC2C(C)C. The summed E-state index contributed by atoms with van der Waals surface area (Å²) < 4.78 is 13.6. The standard InChI is InChI=1S/C24H31NO5/c1-14(2)19-7-16-8-23(30-13-24(4,5)12-26)22(29-6)9-17(16)20-10-21(28)18(15(3)27)11-25(19)20/h8-11,14,19,26-27H,3,7,12-13H2,1-2,4-6H3. The maximum atomic E-state index is 12.6. The summed E-state index contributed by atoms with van der Waals surface area (Å²) in [5, 5.41) is 19.3. The molecule has 0 saturated heterocycles. The van der Waals surface area contributed by atoms with Crippen molar-refractivity contribution in [1.82, 2.24) is 4.57 Å². The molecule has 0 spiro atoms. The van der Waals surface area contributed by atoms with Crippen molar-refractivity contribution in [1.29, 1.82) is 0 Å². The number of methoxy groups -OCH3 is 1. The summed E-state index contributed by atoms with van der Waals surface area (Å²) in [5.74, 6) is 1.27. The molecule has 162 valence electrons. The first-order valence-electron chi connectivity index (χ1n) is 10.2. The highest BCUT2D eigenvalue weighted by molar-refractivity contribution is 5.72. The van der Waals surface area contributed by atoms with Crippen LogP contribution in [0, 0.1) is 11.3 Å². The van der Waals surface area contributed by atoms with Crippen LogP contribution in [0.1, 0.15) is 44.9 Å². The number of rotatable bonds is 7. The van der Waals surface area contributed by atoms with E-state index in [4.69, 9.17) is 9.47 Å². The van der Waals surface area contributed by atoms with Crippen LogP contribution >= 0.6 is 0 Å². The molecular formula is C24H31NO5. The van der Waals surface area contributed by atoms with Crippen LogP contribution in [-0.2, 0) is 6.42 Å². The van der Waals surface area contributed by atoms with Gasteiger partial charge in [-0.2, -0.15) is 0 Å². The largest absolute Gasteiger partial charge is 0.508 e. The van der Waals surface area contributed by atoms with Crippen LogP contribution in [0.4, 0.5) is 0 Å². The summed E-state index contributed by atoms with van der Waals surface area (Å²) in [6, 6.07) is 5.54. The highest BCUT2D eigenvalue weighted by Crippen LogP contribution is 2.43. The molecule has 1 atom stereocenters. The smallest absolute Gasteiger partial charge is 0.193 e. The second-order valence-electron chi connectivity index (χ2n) is 9.08. The van der Waals surface area contributed by atoms with E-state index in [0.717, 1.165) is 23.2 Å². The van der Waals surface area contributed by atoms with Gasteiger partial charge in [0.05, 0.1) is 31.6 Å². The van der Waals surface area contributed by atoms with Crippen molar-refractivity contribution in [2.45, 2.75) is 40.2 Å². The van der Waals surface area contributed by atoms with Crippen LogP contribution in [-0.4, -0.2) is 35.1 Å². The van der Waals surface area contributed by atoms with Gasteiger partial charge in [0.15, 0.2) is 16.9 Å². The lowest BCUT2D eigenvalue weighted by Gasteiger charge is -2.34. The highest BCUT2D eigenvalue weighted by atomic mass is 16.5. The Morgan fingerprint density at radius 2 is 2.00 bits per heavy atom. The van der Waals surface area contributed by atoms with Crippen molar-refractivity contribution >= 4 is 5.76 Å². The molecular weight excluding hydrogens is 382 g/mol. The summed E-state index contributed by atoms with van der Waals surface area (Å²) in [6.07, 6.45) is 2.46. The van der Waals surface area contributed by atoms with E-state index in [1.54, 1.807) is 19.4 Å². The van der Waals surface area contributed by atoms with Crippen LogP contribution in [0.25, 0.3) is 17.0 Å². The number of benzene rings is 1. The van der Waals surface area contributed by atoms with E-state index in [-0.39, 0.29) is 34.8 Å². The van der Waals surface area contributed by atoms with Gasteiger partial charge < -0.3 is 24.3 Å². The zero-order chi connectivity index (χ0) is 22.2. The van der Waals surface area contributed by atoms with E-state index in [2.05, 4.69) is 25.0 Å². The highest BCUT2D eigenvalue weighted by Gasteiger charge is 2.29. The summed E-state index contributed by atoms with van der Waals surface area (Å²) in [6.45, 7) is 12.0. The van der Waals surface area contributed by atoms with E-state index < -0.39 is 0 Å². The quantitative estimate of drug-likeness (QED) is 0.665. The Labute approximate surface area is 177 Å². The maximum Gasteiger partial charge on any atom is 0.193 e. The van der Waals surface area contributed by atoms with Gasteiger partial charge in [0.2, 0.25) is 0 Å². The number of nitrogens with zero attached hydrogens (tertiary/aromatic N) is 1. The van der Waals surface area contributed by atoms with Crippen LogP contribution in [0.15, 0.2) is 35.8 Å². The fraction of sp³-hybridized carbons (Fsp3) is 0.458. The molecule has 1 aromatic carbocycles. The first-order valence-corrected chi connectivity index (χ1v) is 10.2. The Morgan fingerprint density at radius 1 is 1.30 bits per heavy atom. The lowest BCUT2D eigenvalue weighted by Crippen LogP contribution is -2.27. The van der Waals surface area contributed by atoms with Gasteiger partial charge in [-0.15, -0.1) is 0 Å². The minimum atomic E-state index is -0.371. The Morgan fingerprint density at radius 3 is 2.57 bits per heavy atom. The molecule has 1 aliphatic heterocycles. The zero-order valence-electron chi connectivity index (χ0n) is 18.4. The number of aliphatic hydroxyl groups is 2. The van der Waals surface area contributed by atoms with Crippen molar-refractivity contribution in [2.24, 2.45) is 11.3 Å². The topological polar surface area (TPSA) is 80.9 Å². The number of pyridine rings is 1. The Kier molecular flexibility index (Phi) is 5.99. The Bertz CT molecular complexity index is 1020. The molecule has 2 aromatic rings. The van der Waals surface area contributed by atoms with Gasteiger partial charge in [-0.1, -0.05) is 34.3 Å². The number of hydrogen-bond acceptors (Lipinski definition) is 5. The van der Waals surface area contributed by atoms with E-state index in [1.807, 2.05) is 26.0 Å². The van der Waals surface area contributed by atoms with Crippen LogP contribution in [0.3, 0.4) is 0 Å². The predicted molar refractivity (Wildman–Crippen MR) is 118 cm³/mol. The number of fused-ring (bicyclic) bond motifs is 3. The van der Waals surface area contributed by atoms with Gasteiger partial charge in [0, 0.05) is 29.3 Å². The monoisotopic (exact) mass is 413 g/mol. The van der Waals surface area contributed by atoms with Crippen molar-refractivity contribution in [3.8, 4) is 22.8 Å². The van der Waals surface area contributed by atoms with Crippen LogP contribution < -0.4 is 14.9 Å². The molecule has 0 radical (unpaired) electrons. The summed E-state index contributed by atoms with van der Waals surface area (Å²) in [4.78, 5) is 12.6. The second kappa shape index (κ2) is 8.19. The summed E-state index contributed by atoms with van der Waals surface area (Å²) in [7, 11) is 1.58. The molecule has 30 heavy (non-hydrogen) atoms. The second-order valence-corrected chi connectivity index (χ2v) is 9.08. The lowest BCUT2D eigenvalue weighted by molar-refractivity contribution is 0.0958. The molecule has 6 nitrogen and oxygen atoms in total. The Hall–Kier alpha value is -2.73. The van der Waals surface area contributed by atoms with E-state index in [1.165, 1.54) is 0 Å². The third kappa shape index (κ3) is 4.10. The number of ether oxygens (including phenoxy) is 2. The third-order valence-corrected chi connectivity index (χ3v) is 5.66. The van der Waals surface area contributed by atoms with Gasteiger partial charge in [-0.25, -0.2) is 0 Å². The van der Waals surface area contributed by atoms with Crippen LogP contribution in [0.2, 0.25) is 0 Å². The van der Waals surface area contributed by atoms with E-state index in [0.29, 0.717) is 24.0 Å². The predicted octanol–water partition coefficient (Wildman–Crippen LogP) is 4.20. The summed E-state index contributed by atoms with van der Waals surface area (Å²) >= 11 is 0. The fourth-order valence-electron chi connectivity index (χ4n) is 3.74. The maximum absolute atomic E-state index is 12.6. The first-order chi connectivity index (χ1) is 14.1. The van der Waals surface area contributed by atoms with Crippen molar-refractivity contribution < 1.29 is 19.7 Å². The van der Waals surface area contributed by atoms with Gasteiger partial charge in [-0.05, 0) is 30.0 Å². The van der Waals surface area contributed by atoms with Crippen molar-refractivity contribution in [3.63, 3.8) is 0 Å². The number of aliphatic hydroxyl groups excluding tert-OH is 2. The van der Waals surface area contributed by atoms with Gasteiger partial charge in [-0.3, -0.25) is 4.79 Å². The van der Waals surface area contributed by atoms with Gasteiger partial charge in [0.1, 0.15) is 5.76 Å². The minimum absolute atomic E-state index is 0.0183. The molecule has 2 N–H and O–H groups in total. The molecule has 0 saturated carbocycles. The number of aromatic nitrogens is 1. The molecule has 0 bridgehead atoms. The van der Waals surface area contributed by atoms with E-state index >= 15 is 0 Å². The van der Waals surface area contributed by atoms with E-state index in [9.17, 15) is 15.0 Å². The summed E-state index contributed by atoms with van der Waals surface area (Å²) in [5.41, 5.74) is 2.33. The Balaban J connectivity index is 2.15. The molecule has 2 heterocycles. The van der Waals surface area contributed by atoms with Gasteiger partial charge in [0.25, 0.3) is 0 Å². The van der Waals surface area contributed by atoms with Crippen molar-refractivity contribution in [3.05, 3.63) is 52.3 Å². The first kappa shape index (κ1) is 22.0. The normalized spacial score (nSPS) is 15.5. The molecule has 1 aliphatic rings. The molecule has 1 unspecified atom stereocenters. The minimum Gasteiger partial charge on any atom is -0.508 e. The zero-order valence-corrected chi connectivity index (χ0v) is 18.4. The molecule has 0 aliphatic carbocycles. The molecule has 0 fully saturated rings. The molecule has 0 amide bonds. The number of hydrogen-bond donors (Lipinski definition) is 2. The fourth-order valence-corrected chi connectivity index (χ4v) is 3.74. The third-order valence-electron chi connectivity index (χ3n) is 5.66. The van der Waals surface area contributed by atoms with Crippen LogP contribution in [0.5, 0.6) is 11.5 Å². The lowest BCUT2D eigenvalue weighted by atomic mass is 9.87. The van der Waals surface area contributed by atoms with Gasteiger partial charge >= 0.3 is 0 Å². The average Bonchev–Trinajstić information content (AvgIpc) is 2.70. The average molecular weight is 414 g/mol. The molecule has 1 aromatic heterocycles. The molecule has 3 rings (SSSR count).